The van der Waals surface area contributed by atoms with E-state index in [1.165, 1.54) is 44.6 Å². The monoisotopic (exact) mass is 318 g/mol. The maximum absolute atomic E-state index is 14.0. The third-order valence-corrected chi connectivity index (χ3v) is 6.14. The first-order valence-electron chi connectivity index (χ1n) is 9.25. The lowest BCUT2D eigenvalue weighted by molar-refractivity contribution is 0.170. The zero-order chi connectivity index (χ0) is 16.2. The van der Waals surface area contributed by atoms with Gasteiger partial charge in [-0.25, -0.2) is 8.78 Å². The predicted octanol–water partition coefficient (Wildman–Crippen LogP) is 6.62. The zero-order valence-corrected chi connectivity index (χ0v) is 14.1. The van der Waals surface area contributed by atoms with Gasteiger partial charge >= 0.3 is 0 Å². The van der Waals surface area contributed by atoms with E-state index in [9.17, 15) is 8.78 Å². The number of hydrogen-bond acceptors (Lipinski definition) is 0. The van der Waals surface area contributed by atoms with Gasteiger partial charge in [0.25, 0.3) is 0 Å². The first-order valence-corrected chi connectivity index (χ1v) is 9.25. The Morgan fingerprint density at radius 3 is 2.09 bits per heavy atom. The molecular weight excluding hydrogens is 290 g/mol. The number of benzene rings is 1. The quantitative estimate of drug-likeness (QED) is 0.549. The third kappa shape index (κ3) is 3.84. The highest BCUT2D eigenvalue weighted by Gasteiger charge is 2.31. The average molecular weight is 318 g/mol. The smallest absolute Gasteiger partial charge is 0.162 e. The summed E-state index contributed by atoms with van der Waals surface area (Å²) < 4.78 is 27.4. The van der Waals surface area contributed by atoms with Gasteiger partial charge < -0.3 is 0 Å². The van der Waals surface area contributed by atoms with Gasteiger partial charge in [-0.05, 0) is 93.6 Å². The van der Waals surface area contributed by atoms with E-state index in [2.05, 4.69) is 19.1 Å². The van der Waals surface area contributed by atoms with E-state index in [0.29, 0.717) is 5.56 Å². The first kappa shape index (κ1) is 16.7. The van der Waals surface area contributed by atoms with Gasteiger partial charge in [-0.3, -0.25) is 0 Å². The van der Waals surface area contributed by atoms with Crippen LogP contribution >= 0.6 is 0 Å². The maximum atomic E-state index is 14.0. The Balaban J connectivity index is 1.54. The molecule has 0 amide bonds. The van der Waals surface area contributed by atoms with Crippen LogP contribution in [0.2, 0.25) is 0 Å². The van der Waals surface area contributed by atoms with Crippen LogP contribution < -0.4 is 0 Å². The molecule has 0 nitrogen and oxygen atoms in total. The van der Waals surface area contributed by atoms with E-state index >= 15 is 0 Å². The summed E-state index contributed by atoms with van der Waals surface area (Å²) in [5.41, 5.74) is 0.597. The van der Waals surface area contributed by atoms with Gasteiger partial charge in [0.1, 0.15) is 0 Å². The number of rotatable bonds is 3. The molecule has 2 aliphatic carbocycles. The largest absolute Gasteiger partial charge is 0.204 e. The topological polar surface area (TPSA) is 0 Å². The molecule has 1 aromatic carbocycles. The van der Waals surface area contributed by atoms with Crippen LogP contribution in [0.1, 0.15) is 69.8 Å². The Kier molecular flexibility index (Phi) is 5.50. The standard InChI is InChI=1S/C21H28F2/c1-2-4-15-7-9-16(10-8-15)17-11-13-18(14-12-17)19-5-3-6-20(22)21(19)23/h2-6,15-18H,7-14H2,1H3/b4-2+. The molecule has 0 N–H and O–H groups in total. The normalized spacial score (nSPS) is 32.3. The lowest BCUT2D eigenvalue weighted by Gasteiger charge is -2.37. The Bertz CT molecular complexity index is 533. The molecule has 0 aliphatic heterocycles. The van der Waals surface area contributed by atoms with E-state index in [4.69, 9.17) is 0 Å². The van der Waals surface area contributed by atoms with E-state index in [0.717, 1.165) is 30.6 Å². The van der Waals surface area contributed by atoms with Crippen LogP contribution in [0, 0.1) is 29.4 Å². The van der Waals surface area contributed by atoms with Crippen molar-refractivity contribution in [2.24, 2.45) is 17.8 Å². The number of halogens is 2. The fraction of sp³-hybridized carbons (Fsp3) is 0.619. The molecule has 0 radical (unpaired) electrons. The number of hydrogen-bond donors (Lipinski definition) is 0. The first-order chi connectivity index (χ1) is 11.2. The fourth-order valence-corrected chi connectivity index (χ4v) is 4.82. The summed E-state index contributed by atoms with van der Waals surface area (Å²) in [6.07, 6.45) is 14.3. The second-order valence-corrected chi connectivity index (χ2v) is 7.46. The Hall–Kier alpha value is -1.18. The van der Waals surface area contributed by atoms with Crippen molar-refractivity contribution in [1.82, 2.24) is 0 Å². The van der Waals surface area contributed by atoms with Gasteiger partial charge in [0.15, 0.2) is 11.6 Å². The molecule has 0 heterocycles. The molecule has 1 aromatic rings. The zero-order valence-electron chi connectivity index (χ0n) is 14.1. The molecule has 0 saturated heterocycles. The molecule has 2 aliphatic rings. The van der Waals surface area contributed by atoms with Crippen LogP contribution in [-0.2, 0) is 0 Å². The molecular formula is C21H28F2. The predicted molar refractivity (Wildman–Crippen MR) is 91.3 cm³/mol. The van der Waals surface area contributed by atoms with Crippen LogP contribution in [0.25, 0.3) is 0 Å². The van der Waals surface area contributed by atoms with E-state index in [1.807, 2.05) is 0 Å². The minimum Gasteiger partial charge on any atom is -0.204 e. The lowest BCUT2D eigenvalue weighted by Crippen LogP contribution is -2.25. The highest BCUT2D eigenvalue weighted by molar-refractivity contribution is 5.23. The van der Waals surface area contributed by atoms with Gasteiger partial charge in [-0.15, -0.1) is 0 Å². The van der Waals surface area contributed by atoms with Gasteiger partial charge in [-0.1, -0.05) is 24.3 Å². The summed E-state index contributed by atoms with van der Waals surface area (Å²) in [4.78, 5) is 0. The molecule has 2 heteroatoms. The fourth-order valence-electron chi connectivity index (χ4n) is 4.82. The highest BCUT2D eigenvalue weighted by Crippen LogP contribution is 2.44. The highest BCUT2D eigenvalue weighted by atomic mass is 19.2. The van der Waals surface area contributed by atoms with Crippen molar-refractivity contribution in [3.63, 3.8) is 0 Å². The van der Waals surface area contributed by atoms with Crippen LogP contribution in [0.5, 0.6) is 0 Å². The summed E-state index contributed by atoms with van der Waals surface area (Å²) in [5, 5.41) is 0. The van der Waals surface area contributed by atoms with Crippen molar-refractivity contribution >= 4 is 0 Å². The Labute approximate surface area is 139 Å². The molecule has 3 rings (SSSR count). The SMILES string of the molecule is C/C=C/C1CCC(C2CCC(c3cccc(F)c3F)CC2)CC1. The second-order valence-electron chi connectivity index (χ2n) is 7.46. The summed E-state index contributed by atoms with van der Waals surface area (Å²) in [5.74, 6) is 1.33. The van der Waals surface area contributed by atoms with Crippen molar-refractivity contribution in [2.45, 2.75) is 64.2 Å². The molecule has 0 bridgehead atoms. The van der Waals surface area contributed by atoms with Gasteiger partial charge in [0.05, 0.1) is 0 Å². The van der Waals surface area contributed by atoms with E-state index in [-0.39, 0.29) is 5.92 Å². The second kappa shape index (κ2) is 7.59. The van der Waals surface area contributed by atoms with Crippen molar-refractivity contribution in [1.29, 1.82) is 0 Å². The van der Waals surface area contributed by atoms with Crippen molar-refractivity contribution < 1.29 is 8.78 Å². The molecule has 0 spiro atoms. The van der Waals surface area contributed by atoms with E-state index < -0.39 is 11.6 Å². The average Bonchev–Trinajstić information content (AvgIpc) is 2.59. The Morgan fingerprint density at radius 2 is 1.48 bits per heavy atom. The minimum atomic E-state index is -0.702. The summed E-state index contributed by atoms with van der Waals surface area (Å²) in [6.45, 7) is 2.11. The van der Waals surface area contributed by atoms with Gasteiger partial charge in [0.2, 0.25) is 0 Å². The van der Waals surface area contributed by atoms with E-state index in [1.54, 1.807) is 12.1 Å². The van der Waals surface area contributed by atoms with Crippen LogP contribution in [-0.4, -0.2) is 0 Å². The molecule has 0 unspecified atom stereocenters. The van der Waals surface area contributed by atoms with Gasteiger partial charge in [-0.2, -0.15) is 0 Å². The summed E-state index contributed by atoms with van der Waals surface area (Å²) >= 11 is 0. The van der Waals surface area contributed by atoms with Crippen LogP contribution in [0.15, 0.2) is 30.4 Å². The van der Waals surface area contributed by atoms with Crippen molar-refractivity contribution in [3.05, 3.63) is 47.5 Å². The number of allylic oxidation sites excluding steroid dienone is 2. The molecule has 0 atom stereocenters. The maximum Gasteiger partial charge on any atom is 0.162 e. The molecule has 126 valence electrons. The molecule has 23 heavy (non-hydrogen) atoms. The third-order valence-electron chi connectivity index (χ3n) is 6.14. The minimum absolute atomic E-state index is 0.210. The molecule has 0 aromatic heterocycles. The molecule has 2 saturated carbocycles. The van der Waals surface area contributed by atoms with Crippen molar-refractivity contribution in [3.8, 4) is 0 Å². The van der Waals surface area contributed by atoms with Crippen LogP contribution in [0.4, 0.5) is 8.78 Å². The molecule has 2 fully saturated rings. The van der Waals surface area contributed by atoms with Gasteiger partial charge in [0, 0.05) is 0 Å². The summed E-state index contributed by atoms with van der Waals surface area (Å²) in [7, 11) is 0. The van der Waals surface area contributed by atoms with Crippen molar-refractivity contribution in [2.75, 3.05) is 0 Å². The summed E-state index contributed by atoms with van der Waals surface area (Å²) in [6, 6.07) is 4.63. The Morgan fingerprint density at radius 1 is 0.870 bits per heavy atom. The van der Waals surface area contributed by atoms with Crippen LogP contribution in [0.3, 0.4) is 0 Å². The lowest BCUT2D eigenvalue weighted by atomic mass is 9.68.